The zero-order valence-electron chi connectivity index (χ0n) is 12.1. The fourth-order valence-electron chi connectivity index (χ4n) is 1.81. The minimum atomic E-state index is -0.381. The van der Waals surface area contributed by atoms with E-state index in [4.69, 9.17) is 15.7 Å². The Morgan fingerprint density at radius 3 is 2.67 bits per heavy atom. The van der Waals surface area contributed by atoms with Gasteiger partial charge in [0.2, 0.25) is 0 Å². The fraction of sp³-hybridized carbons (Fsp3) is 0.267. The Balaban J connectivity index is 2.42. The lowest BCUT2D eigenvalue weighted by molar-refractivity contribution is 0.363. The first-order valence-electron chi connectivity index (χ1n) is 6.38. The van der Waals surface area contributed by atoms with Crippen molar-refractivity contribution in [2.45, 2.75) is 26.3 Å². The van der Waals surface area contributed by atoms with Crippen LogP contribution in [0.1, 0.15) is 26.3 Å². The van der Waals surface area contributed by atoms with Gasteiger partial charge in [-0.05, 0) is 39.0 Å². The van der Waals surface area contributed by atoms with E-state index >= 15 is 0 Å². The van der Waals surface area contributed by atoms with Crippen LogP contribution < -0.4 is 16.0 Å². The van der Waals surface area contributed by atoms with Gasteiger partial charge in [0.05, 0.1) is 17.3 Å². The van der Waals surface area contributed by atoms with Gasteiger partial charge in [-0.15, -0.1) is 0 Å². The molecule has 0 saturated heterocycles. The summed E-state index contributed by atoms with van der Waals surface area (Å²) < 4.78 is 7.03. The minimum Gasteiger partial charge on any atom is -0.432 e. The molecule has 0 atom stereocenters. The van der Waals surface area contributed by atoms with E-state index in [1.807, 2.05) is 26.8 Å². The molecule has 0 bridgehead atoms. The monoisotopic (exact) mass is 284 g/mol. The Bertz CT molecular complexity index is 766. The summed E-state index contributed by atoms with van der Waals surface area (Å²) in [6, 6.07) is 6.58. The van der Waals surface area contributed by atoms with Crippen molar-refractivity contribution in [1.29, 1.82) is 5.26 Å². The highest BCUT2D eigenvalue weighted by molar-refractivity contribution is 5.57. The zero-order valence-corrected chi connectivity index (χ0v) is 12.1. The van der Waals surface area contributed by atoms with Gasteiger partial charge in [0.15, 0.2) is 5.75 Å². The summed E-state index contributed by atoms with van der Waals surface area (Å²) in [5.41, 5.74) is 5.79. The molecule has 0 spiro atoms. The molecule has 1 aromatic heterocycles. The number of nitrogens with two attached hydrogens (primary N) is 1. The lowest BCUT2D eigenvalue weighted by atomic mass is 10.1. The average molecular weight is 284 g/mol. The Labute approximate surface area is 122 Å². The van der Waals surface area contributed by atoms with E-state index in [0.29, 0.717) is 11.3 Å². The van der Waals surface area contributed by atoms with Crippen molar-refractivity contribution in [3.8, 4) is 17.7 Å². The van der Waals surface area contributed by atoms with Crippen LogP contribution in [0.5, 0.6) is 11.6 Å². The quantitative estimate of drug-likeness (QED) is 0.853. The van der Waals surface area contributed by atoms with Gasteiger partial charge in [-0.3, -0.25) is 4.79 Å². The summed E-state index contributed by atoms with van der Waals surface area (Å²) in [5.74, 6) is 0.245. The first-order chi connectivity index (χ1) is 9.82. The van der Waals surface area contributed by atoms with Crippen LogP contribution in [0.3, 0.4) is 0 Å². The number of ether oxygens (including phenoxy) is 1. The van der Waals surface area contributed by atoms with Crippen molar-refractivity contribution in [2.75, 3.05) is 5.73 Å². The molecule has 1 aromatic carbocycles. The number of benzene rings is 1. The van der Waals surface area contributed by atoms with Crippen LogP contribution in [0.25, 0.3) is 0 Å². The normalized spacial score (nSPS) is 11.0. The van der Waals surface area contributed by atoms with Crippen molar-refractivity contribution in [2.24, 2.45) is 0 Å². The molecular weight excluding hydrogens is 268 g/mol. The van der Waals surface area contributed by atoms with Crippen LogP contribution in [-0.2, 0) is 5.54 Å². The third kappa shape index (κ3) is 3.03. The molecule has 0 aliphatic carbocycles. The summed E-state index contributed by atoms with van der Waals surface area (Å²) in [6.45, 7) is 5.73. The van der Waals surface area contributed by atoms with E-state index in [0.717, 1.165) is 0 Å². The Morgan fingerprint density at radius 2 is 2.10 bits per heavy atom. The van der Waals surface area contributed by atoms with Gasteiger partial charge in [0.25, 0.3) is 5.88 Å². The first-order valence-corrected chi connectivity index (χ1v) is 6.38. The van der Waals surface area contributed by atoms with Crippen molar-refractivity contribution >= 4 is 5.69 Å². The molecule has 2 rings (SSSR count). The number of rotatable bonds is 2. The number of nitriles is 1. The van der Waals surface area contributed by atoms with E-state index in [1.165, 1.54) is 16.8 Å². The van der Waals surface area contributed by atoms with E-state index in [2.05, 4.69) is 4.98 Å². The lowest BCUT2D eigenvalue weighted by Gasteiger charge is -2.22. The number of hydrogen-bond donors (Lipinski definition) is 1. The number of nitrogen functional groups attached to an aromatic ring is 1. The van der Waals surface area contributed by atoms with E-state index in [-0.39, 0.29) is 22.7 Å². The molecule has 0 unspecified atom stereocenters. The smallest absolute Gasteiger partial charge is 0.314 e. The van der Waals surface area contributed by atoms with Gasteiger partial charge >= 0.3 is 5.56 Å². The summed E-state index contributed by atoms with van der Waals surface area (Å²) in [7, 11) is 0. The van der Waals surface area contributed by atoms with Crippen molar-refractivity contribution in [3.05, 3.63) is 46.5 Å². The molecule has 2 N–H and O–H groups in total. The van der Waals surface area contributed by atoms with Crippen LogP contribution in [0, 0.1) is 11.3 Å². The molecule has 1 heterocycles. The van der Waals surface area contributed by atoms with Crippen molar-refractivity contribution < 1.29 is 4.74 Å². The summed E-state index contributed by atoms with van der Waals surface area (Å²) in [6.07, 6.45) is 3.11. The fourth-order valence-corrected chi connectivity index (χ4v) is 1.81. The third-order valence-electron chi connectivity index (χ3n) is 2.88. The van der Waals surface area contributed by atoms with Gasteiger partial charge in [-0.2, -0.15) is 5.26 Å². The second kappa shape index (κ2) is 5.29. The topological polar surface area (TPSA) is 93.9 Å². The molecule has 21 heavy (non-hydrogen) atoms. The molecule has 0 aliphatic heterocycles. The third-order valence-corrected chi connectivity index (χ3v) is 2.88. The Kier molecular flexibility index (Phi) is 3.68. The lowest BCUT2D eigenvalue weighted by Crippen LogP contribution is -2.34. The summed E-state index contributed by atoms with van der Waals surface area (Å²) >= 11 is 0. The largest absolute Gasteiger partial charge is 0.432 e. The highest BCUT2D eigenvalue weighted by atomic mass is 16.5. The Hall–Kier alpha value is -2.81. The SMILES string of the molecule is CC(C)(C)n1ccnc(Oc2ccc(C#N)cc2N)c1=O. The highest BCUT2D eigenvalue weighted by Crippen LogP contribution is 2.25. The number of anilines is 1. The molecule has 0 amide bonds. The maximum atomic E-state index is 12.3. The van der Waals surface area contributed by atoms with Crippen LogP contribution in [0.4, 0.5) is 5.69 Å². The molecular formula is C15H16N4O2. The highest BCUT2D eigenvalue weighted by Gasteiger charge is 2.18. The standard InChI is InChI=1S/C15H16N4O2/c1-15(2,3)19-7-6-18-13(14(19)20)21-12-5-4-10(9-16)8-11(12)17/h4-8H,17H2,1-3H3. The van der Waals surface area contributed by atoms with Crippen molar-refractivity contribution in [1.82, 2.24) is 9.55 Å². The zero-order chi connectivity index (χ0) is 15.6. The average Bonchev–Trinajstić information content (AvgIpc) is 2.41. The predicted octanol–water partition coefficient (Wildman–Crippen LogP) is 2.24. The number of aromatic nitrogens is 2. The van der Waals surface area contributed by atoms with Crippen LogP contribution >= 0.6 is 0 Å². The van der Waals surface area contributed by atoms with Gasteiger partial charge in [-0.1, -0.05) is 0 Å². The molecule has 0 saturated carbocycles. The van der Waals surface area contributed by atoms with Gasteiger partial charge in [0, 0.05) is 17.9 Å². The molecule has 0 aliphatic rings. The second-order valence-electron chi connectivity index (χ2n) is 5.54. The summed E-state index contributed by atoms with van der Waals surface area (Å²) in [5, 5.41) is 8.80. The molecule has 0 radical (unpaired) electrons. The molecule has 6 heteroatoms. The van der Waals surface area contributed by atoms with Gasteiger partial charge < -0.3 is 15.0 Å². The van der Waals surface area contributed by atoms with Gasteiger partial charge in [0.1, 0.15) is 0 Å². The maximum absolute atomic E-state index is 12.3. The van der Waals surface area contributed by atoms with E-state index < -0.39 is 0 Å². The number of nitrogens with zero attached hydrogens (tertiary/aromatic N) is 3. The van der Waals surface area contributed by atoms with Crippen LogP contribution in [-0.4, -0.2) is 9.55 Å². The first kappa shape index (κ1) is 14.6. The van der Waals surface area contributed by atoms with E-state index in [9.17, 15) is 4.79 Å². The van der Waals surface area contributed by atoms with Crippen LogP contribution in [0.15, 0.2) is 35.4 Å². The van der Waals surface area contributed by atoms with Gasteiger partial charge in [-0.25, -0.2) is 4.98 Å². The van der Waals surface area contributed by atoms with Crippen LogP contribution in [0.2, 0.25) is 0 Å². The Morgan fingerprint density at radius 1 is 1.38 bits per heavy atom. The minimum absolute atomic E-state index is 0.0520. The molecule has 0 fully saturated rings. The van der Waals surface area contributed by atoms with E-state index in [1.54, 1.807) is 18.3 Å². The maximum Gasteiger partial charge on any atom is 0.314 e. The molecule has 108 valence electrons. The second-order valence-corrected chi connectivity index (χ2v) is 5.54. The molecule has 2 aromatic rings. The summed E-state index contributed by atoms with van der Waals surface area (Å²) in [4.78, 5) is 16.3. The molecule has 6 nitrogen and oxygen atoms in total. The number of hydrogen-bond acceptors (Lipinski definition) is 5. The predicted molar refractivity (Wildman–Crippen MR) is 79.1 cm³/mol. The van der Waals surface area contributed by atoms with Crippen molar-refractivity contribution in [3.63, 3.8) is 0 Å².